The number of nitrogens with zero attached hydrogens (tertiary/aromatic N) is 3. The number of sulfonamides is 1. The summed E-state index contributed by atoms with van der Waals surface area (Å²) in [5.74, 6) is 0.742. The minimum Gasteiger partial charge on any atom is -0.334 e. The van der Waals surface area contributed by atoms with Crippen LogP contribution in [0.15, 0.2) is 11.2 Å². The third kappa shape index (κ3) is 3.33. The molecule has 0 unspecified atom stereocenters. The van der Waals surface area contributed by atoms with Crippen LogP contribution in [0.1, 0.15) is 25.6 Å². The van der Waals surface area contributed by atoms with E-state index in [1.165, 1.54) is 0 Å². The first kappa shape index (κ1) is 17.4. The molecule has 0 atom stereocenters. The molecule has 1 aliphatic heterocycles. The molecule has 1 saturated heterocycles. The van der Waals surface area contributed by atoms with Gasteiger partial charge in [-0.1, -0.05) is 0 Å². The molecule has 0 bridgehead atoms. The Bertz CT molecular complexity index is 536. The fraction of sp³-hybridized carbons (Fsp3) is 0.750. The number of aryl methyl sites for hydroxylation is 2. The second kappa shape index (κ2) is 6.89. The first-order valence-electron chi connectivity index (χ1n) is 6.70. The number of imidazole rings is 1. The van der Waals surface area contributed by atoms with E-state index >= 15 is 0 Å². The molecule has 1 N–H and O–H groups in total. The van der Waals surface area contributed by atoms with Gasteiger partial charge in [0.2, 0.25) is 0 Å². The van der Waals surface area contributed by atoms with Gasteiger partial charge in [-0.3, -0.25) is 0 Å². The summed E-state index contributed by atoms with van der Waals surface area (Å²) in [6.07, 6.45) is 3.33. The van der Waals surface area contributed by atoms with Gasteiger partial charge in [0.1, 0.15) is 5.82 Å². The summed E-state index contributed by atoms with van der Waals surface area (Å²) < 4.78 is 28.4. The van der Waals surface area contributed by atoms with Gasteiger partial charge >= 0.3 is 0 Å². The summed E-state index contributed by atoms with van der Waals surface area (Å²) in [6, 6.07) is 0.418. The number of hydrogen-bond acceptors (Lipinski definition) is 4. The molecule has 0 aliphatic carbocycles. The van der Waals surface area contributed by atoms with Gasteiger partial charge in [0.15, 0.2) is 5.03 Å². The average molecular weight is 323 g/mol. The Hall–Kier alpha value is -0.630. The highest BCUT2D eigenvalue weighted by molar-refractivity contribution is 7.89. The maximum absolute atomic E-state index is 12.5. The van der Waals surface area contributed by atoms with Crippen molar-refractivity contribution in [3.63, 3.8) is 0 Å². The molecular weight excluding hydrogens is 300 g/mol. The molecule has 2 rings (SSSR count). The van der Waals surface area contributed by atoms with E-state index < -0.39 is 10.0 Å². The number of nitrogens with one attached hydrogen (secondary N) is 1. The quantitative estimate of drug-likeness (QED) is 0.898. The normalized spacial score (nSPS) is 17.9. The van der Waals surface area contributed by atoms with Crippen molar-refractivity contribution >= 4 is 22.4 Å². The van der Waals surface area contributed by atoms with Gasteiger partial charge in [-0.2, -0.15) is 4.31 Å². The van der Waals surface area contributed by atoms with Crippen LogP contribution in [-0.2, 0) is 16.6 Å². The molecule has 1 aromatic heterocycles. The first-order valence-corrected chi connectivity index (χ1v) is 8.14. The van der Waals surface area contributed by atoms with Crippen LogP contribution in [0.2, 0.25) is 0 Å². The van der Waals surface area contributed by atoms with Crippen LogP contribution >= 0.6 is 12.4 Å². The van der Waals surface area contributed by atoms with Crippen LogP contribution in [0.25, 0.3) is 0 Å². The molecule has 2 heterocycles. The van der Waals surface area contributed by atoms with E-state index in [9.17, 15) is 8.42 Å². The molecule has 1 aromatic rings. The van der Waals surface area contributed by atoms with Gasteiger partial charge in [0, 0.05) is 31.9 Å². The van der Waals surface area contributed by atoms with Gasteiger partial charge in [0.05, 0.1) is 0 Å². The molecule has 0 aromatic carbocycles. The summed E-state index contributed by atoms with van der Waals surface area (Å²) in [5, 5.41) is 3.37. The van der Waals surface area contributed by atoms with Gasteiger partial charge < -0.3 is 9.88 Å². The molecule has 0 saturated carbocycles. The molecule has 1 aliphatic rings. The third-order valence-electron chi connectivity index (χ3n) is 3.76. The van der Waals surface area contributed by atoms with Crippen molar-refractivity contribution in [1.29, 1.82) is 0 Å². The van der Waals surface area contributed by atoms with Crippen molar-refractivity contribution in [2.75, 3.05) is 20.1 Å². The van der Waals surface area contributed by atoms with E-state index in [0.29, 0.717) is 19.1 Å². The van der Waals surface area contributed by atoms with E-state index in [0.717, 1.165) is 25.2 Å². The van der Waals surface area contributed by atoms with Crippen LogP contribution in [0.4, 0.5) is 0 Å². The zero-order valence-corrected chi connectivity index (χ0v) is 13.8. The minimum absolute atomic E-state index is 0. The highest BCUT2D eigenvalue weighted by atomic mass is 35.5. The summed E-state index contributed by atoms with van der Waals surface area (Å²) >= 11 is 0. The zero-order valence-electron chi connectivity index (χ0n) is 12.2. The fourth-order valence-corrected chi connectivity index (χ4v) is 3.90. The molecule has 0 amide bonds. The minimum atomic E-state index is -3.43. The van der Waals surface area contributed by atoms with Crippen LogP contribution in [0.5, 0.6) is 0 Å². The lowest BCUT2D eigenvalue weighted by atomic mass is 10.1. The predicted molar refractivity (Wildman–Crippen MR) is 80.7 cm³/mol. The van der Waals surface area contributed by atoms with Crippen LogP contribution in [-0.4, -0.2) is 48.5 Å². The van der Waals surface area contributed by atoms with Crippen LogP contribution in [0, 0.1) is 6.92 Å². The van der Waals surface area contributed by atoms with Gasteiger partial charge in [-0.25, -0.2) is 13.4 Å². The van der Waals surface area contributed by atoms with E-state index in [2.05, 4.69) is 10.3 Å². The van der Waals surface area contributed by atoms with Crippen LogP contribution in [0.3, 0.4) is 0 Å². The Morgan fingerprint density at radius 2 is 2.00 bits per heavy atom. The smallest absolute Gasteiger partial charge is 0.262 e. The highest BCUT2D eigenvalue weighted by Crippen LogP contribution is 2.20. The zero-order chi connectivity index (χ0) is 14.0. The van der Waals surface area contributed by atoms with Gasteiger partial charge in [-0.15, -0.1) is 12.4 Å². The number of hydrogen-bond donors (Lipinski definition) is 1. The van der Waals surface area contributed by atoms with Crippen molar-refractivity contribution < 1.29 is 8.42 Å². The van der Waals surface area contributed by atoms with Crippen molar-refractivity contribution in [3.05, 3.63) is 12.0 Å². The second-order valence-electron chi connectivity index (χ2n) is 4.88. The molecule has 6 nitrogen and oxygen atoms in total. The summed E-state index contributed by atoms with van der Waals surface area (Å²) in [7, 11) is -1.51. The lowest BCUT2D eigenvalue weighted by Crippen LogP contribution is -2.43. The first-order chi connectivity index (χ1) is 8.98. The Balaban J connectivity index is 0.00000200. The van der Waals surface area contributed by atoms with E-state index in [1.54, 1.807) is 10.5 Å². The molecule has 116 valence electrons. The van der Waals surface area contributed by atoms with Crippen molar-refractivity contribution in [2.24, 2.45) is 0 Å². The Morgan fingerprint density at radius 1 is 1.40 bits per heavy atom. The molecule has 1 fully saturated rings. The molecule has 0 radical (unpaired) electrons. The Labute approximate surface area is 127 Å². The molecule has 20 heavy (non-hydrogen) atoms. The van der Waals surface area contributed by atoms with E-state index in [4.69, 9.17) is 0 Å². The second-order valence-corrected chi connectivity index (χ2v) is 6.76. The maximum atomic E-state index is 12.5. The molecular formula is C12H23ClN4O2S. The number of piperidine rings is 1. The Kier molecular flexibility index (Phi) is 6.00. The number of aromatic nitrogens is 2. The highest BCUT2D eigenvalue weighted by Gasteiger charge is 2.30. The maximum Gasteiger partial charge on any atom is 0.262 e. The fourth-order valence-electron chi connectivity index (χ4n) is 2.44. The lowest BCUT2D eigenvalue weighted by molar-refractivity contribution is 0.298. The summed E-state index contributed by atoms with van der Waals surface area (Å²) in [5.41, 5.74) is 0. The van der Waals surface area contributed by atoms with E-state index in [1.807, 2.05) is 25.5 Å². The summed E-state index contributed by atoms with van der Waals surface area (Å²) in [6.45, 7) is 5.66. The Morgan fingerprint density at radius 3 is 2.45 bits per heavy atom. The van der Waals surface area contributed by atoms with E-state index in [-0.39, 0.29) is 17.4 Å². The monoisotopic (exact) mass is 322 g/mol. The van der Waals surface area contributed by atoms with Gasteiger partial charge in [-0.05, 0) is 33.7 Å². The van der Waals surface area contributed by atoms with Crippen molar-refractivity contribution in [3.8, 4) is 0 Å². The molecule has 8 heteroatoms. The number of halogens is 1. The SMILES string of the molecule is CCn1cc(S(=O)(=O)N2CCC(NC)CC2)nc1C.Cl. The van der Waals surface area contributed by atoms with Crippen LogP contribution < -0.4 is 5.32 Å². The van der Waals surface area contributed by atoms with Crippen molar-refractivity contribution in [2.45, 2.75) is 44.3 Å². The summed E-state index contributed by atoms with van der Waals surface area (Å²) in [4.78, 5) is 4.19. The van der Waals surface area contributed by atoms with Crippen molar-refractivity contribution in [1.82, 2.24) is 19.2 Å². The predicted octanol–water partition coefficient (Wildman–Crippen LogP) is 1.01. The third-order valence-corrected chi connectivity index (χ3v) is 5.53. The van der Waals surface area contributed by atoms with Gasteiger partial charge in [0.25, 0.3) is 10.0 Å². The standard InChI is InChI=1S/C12H22N4O2S.ClH/c1-4-15-9-12(14-10(15)2)19(17,18)16-7-5-11(13-3)6-8-16;/h9,11,13H,4-8H2,1-3H3;1H. The lowest BCUT2D eigenvalue weighted by Gasteiger charge is -2.30. The number of rotatable bonds is 4. The molecule has 0 spiro atoms. The average Bonchev–Trinajstić information content (AvgIpc) is 2.81. The topological polar surface area (TPSA) is 67.2 Å². The largest absolute Gasteiger partial charge is 0.334 e.